The summed E-state index contributed by atoms with van der Waals surface area (Å²) in [4.78, 5) is 17.2. The summed E-state index contributed by atoms with van der Waals surface area (Å²) in [6.07, 6.45) is 1.71. The Morgan fingerprint density at radius 1 is 0.897 bits per heavy atom. The van der Waals surface area contributed by atoms with Crippen molar-refractivity contribution in [2.45, 2.75) is 13.1 Å². The molecule has 0 aliphatic carbocycles. The molecule has 1 aromatic heterocycles. The first kappa shape index (κ1) is 19.5. The summed E-state index contributed by atoms with van der Waals surface area (Å²) in [7, 11) is 0. The van der Waals surface area contributed by atoms with Gasteiger partial charge in [0.25, 0.3) is 5.56 Å². The molecule has 2 aromatic carbocycles. The van der Waals surface area contributed by atoms with Crippen LogP contribution in [0.1, 0.15) is 11.1 Å². The third-order valence-corrected chi connectivity index (χ3v) is 5.60. The number of piperazine rings is 1. The van der Waals surface area contributed by atoms with Gasteiger partial charge in [-0.1, -0.05) is 54.1 Å². The lowest BCUT2D eigenvalue weighted by Crippen LogP contribution is -2.46. The summed E-state index contributed by atoms with van der Waals surface area (Å²) in [6.45, 7) is 4.70. The normalized spacial score (nSPS) is 14.9. The average Bonchev–Trinajstić information content (AvgIpc) is 2.75. The number of rotatable bonds is 5. The number of nitrogen functional groups attached to an aromatic ring is 1. The van der Waals surface area contributed by atoms with Crippen LogP contribution < -0.4 is 16.2 Å². The first-order chi connectivity index (χ1) is 14.1. The van der Waals surface area contributed by atoms with Gasteiger partial charge in [0.15, 0.2) is 0 Å². The molecule has 0 amide bonds. The van der Waals surface area contributed by atoms with Crippen LogP contribution in [0.5, 0.6) is 0 Å². The van der Waals surface area contributed by atoms with E-state index in [4.69, 9.17) is 17.3 Å². The van der Waals surface area contributed by atoms with Crippen LogP contribution in [0.15, 0.2) is 65.6 Å². The molecule has 0 saturated carbocycles. The molecule has 150 valence electrons. The summed E-state index contributed by atoms with van der Waals surface area (Å²) in [5.74, 6) is 0. The molecule has 4 rings (SSSR count). The minimum absolute atomic E-state index is 0.239. The van der Waals surface area contributed by atoms with Crippen LogP contribution in [0, 0.1) is 0 Å². The number of hydrogen-bond donors (Lipinski definition) is 1. The van der Waals surface area contributed by atoms with Crippen LogP contribution in [0.2, 0.25) is 5.02 Å². The first-order valence-corrected chi connectivity index (χ1v) is 10.1. The summed E-state index contributed by atoms with van der Waals surface area (Å²) >= 11 is 6.44. The molecule has 0 unspecified atom stereocenters. The number of anilines is 2. The second-order valence-electron chi connectivity index (χ2n) is 7.30. The zero-order chi connectivity index (χ0) is 20.2. The molecular formula is C22H24ClN5O. The fourth-order valence-corrected chi connectivity index (χ4v) is 3.84. The van der Waals surface area contributed by atoms with Crippen LogP contribution >= 0.6 is 11.6 Å². The first-order valence-electron chi connectivity index (χ1n) is 9.71. The molecular weight excluding hydrogens is 386 g/mol. The summed E-state index contributed by atoms with van der Waals surface area (Å²) in [6, 6.07) is 17.8. The van der Waals surface area contributed by atoms with E-state index in [0.717, 1.165) is 44.0 Å². The van der Waals surface area contributed by atoms with Gasteiger partial charge in [0.2, 0.25) is 0 Å². The monoisotopic (exact) mass is 409 g/mol. The van der Waals surface area contributed by atoms with E-state index in [0.29, 0.717) is 12.2 Å². The smallest absolute Gasteiger partial charge is 0.287 e. The number of benzene rings is 2. The van der Waals surface area contributed by atoms with Crippen molar-refractivity contribution < 1.29 is 0 Å². The fraction of sp³-hybridized carbons (Fsp3) is 0.273. The third kappa shape index (κ3) is 4.60. The van der Waals surface area contributed by atoms with Gasteiger partial charge in [0, 0.05) is 38.4 Å². The Hall–Kier alpha value is -2.83. The number of hydrogen-bond acceptors (Lipinski definition) is 5. The highest BCUT2D eigenvalue weighted by atomic mass is 35.5. The van der Waals surface area contributed by atoms with E-state index in [1.807, 2.05) is 42.5 Å². The van der Waals surface area contributed by atoms with Gasteiger partial charge < -0.3 is 10.6 Å². The minimum atomic E-state index is -0.252. The molecule has 29 heavy (non-hydrogen) atoms. The lowest BCUT2D eigenvalue weighted by molar-refractivity contribution is 0.250. The van der Waals surface area contributed by atoms with Crippen LogP contribution in [0.3, 0.4) is 0 Å². The zero-order valence-corrected chi connectivity index (χ0v) is 16.9. The predicted octanol–water partition coefficient (Wildman–Crippen LogP) is 2.85. The molecule has 0 bridgehead atoms. The SMILES string of the molecule is Nc1ccc(CN2CCN(c3cnn(Cc4ccccc4)c(=O)c3Cl)CC2)cc1. The molecule has 1 aliphatic rings. The quantitative estimate of drug-likeness (QED) is 0.656. The molecule has 0 spiro atoms. The highest BCUT2D eigenvalue weighted by Gasteiger charge is 2.21. The van der Waals surface area contributed by atoms with Gasteiger partial charge >= 0.3 is 0 Å². The Labute approximate surface area is 175 Å². The lowest BCUT2D eigenvalue weighted by Gasteiger charge is -2.36. The van der Waals surface area contributed by atoms with Crippen molar-refractivity contribution >= 4 is 23.0 Å². The van der Waals surface area contributed by atoms with Gasteiger partial charge in [-0.25, -0.2) is 4.68 Å². The molecule has 7 heteroatoms. The van der Waals surface area contributed by atoms with E-state index in [-0.39, 0.29) is 10.6 Å². The standard InChI is InChI=1S/C22H24ClN5O/c23-21-20(14-25-28(22(21)29)16-17-4-2-1-3-5-17)27-12-10-26(11-13-27)15-18-6-8-19(24)9-7-18/h1-9,14H,10-13,15-16,24H2. The van der Waals surface area contributed by atoms with Gasteiger partial charge in [-0.3, -0.25) is 9.69 Å². The van der Waals surface area contributed by atoms with Crippen molar-refractivity contribution in [3.05, 3.63) is 87.3 Å². The Bertz CT molecular complexity index is 1010. The topological polar surface area (TPSA) is 67.4 Å². The second-order valence-corrected chi connectivity index (χ2v) is 7.67. The van der Waals surface area contributed by atoms with E-state index >= 15 is 0 Å². The van der Waals surface area contributed by atoms with Crippen molar-refractivity contribution in [1.29, 1.82) is 0 Å². The van der Waals surface area contributed by atoms with E-state index in [2.05, 4.69) is 27.0 Å². The number of nitrogens with two attached hydrogens (primary N) is 1. The van der Waals surface area contributed by atoms with Gasteiger partial charge in [0.05, 0.1) is 18.4 Å². The van der Waals surface area contributed by atoms with Crippen molar-refractivity contribution in [2.75, 3.05) is 36.8 Å². The Kier molecular flexibility index (Phi) is 5.83. The van der Waals surface area contributed by atoms with Gasteiger partial charge in [-0.2, -0.15) is 5.10 Å². The van der Waals surface area contributed by atoms with Crippen molar-refractivity contribution in [3.63, 3.8) is 0 Å². The average molecular weight is 410 g/mol. The Morgan fingerprint density at radius 2 is 1.55 bits per heavy atom. The van der Waals surface area contributed by atoms with Crippen LogP contribution in [0.4, 0.5) is 11.4 Å². The van der Waals surface area contributed by atoms with Crippen molar-refractivity contribution in [3.8, 4) is 0 Å². The molecule has 2 N–H and O–H groups in total. The van der Waals surface area contributed by atoms with Gasteiger partial charge in [-0.15, -0.1) is 0 Å². The molecule has 1 fully saturated rings. The van der Waals surface area contributed by atoms with Crippen LogP contribution in [0.25, 0.3) is 0 Å². The Balaban J connectivity index is 1.41. The Morgan fingerprint density at radius 3 is 2.24 bits per heavy atom. The maximum Gasteiger partial charge on any atom is 0.287 e. The highest BCUT2D eigenvalue weighted by molar-refractivity contribution is 6.33. The largest absolute Gasteiger partial charge is 0.399 e. The molecule has 0 atom stereocenters. The molecule has 1 saturated heterocycles. The zero-order valence-electron chi connectivity index (χ0n) is 16.2. The van der Waals surface area contributed by atoms with Gasteiger partial charge in [0.1, 0.15) is 5.02 Å². The number of aromatic nitrogens is 2. The summed E-state index contributed by atoms with van der Waals surface area (Å²) < 4.78 is 1.42. The maximum atomic E-state index is 12.7. The molecule has 6 nitrogen and oxygen atoms in total. The molecule has 1 aliphatic heterocycles. The van der Waals surface area contributed by atoms with E-state index in [9.17, 15) is 4.79 Å². The fourth-order valence-electron chi connectivity index (χ4n) is 3.57. The molecule has 0 radical (unpaired) electrons. The maximum absolute atomic E-state index is 12.7. The number of halogens is 1. The summed E-state index contributed by atoms with van der Waals surface area (Å²) in [5.41, 5.74) is 9.26. The third-order valence-electron chi connectivity index (χ3n) is 5.24. The lowest BCUT2D eigenvalue weighted by atomic mass is 10.2. The number of nitrogens with zero attached hydrogens (tertiary/aromatic N) is 4. The molecule has 2 heterocycles. The van der Waals surface area contributed by atoms with Crippen LogP contribution in [-0.4, -0.2) is 40.9 Å². The molecule has 3 aromatic rings. The minimum Gasteiger partial charge on any atom is -0.399 e. The second kappa shape index (κ2) is 8.68. The van der Waals surface area contributed by atoms with E-state index in [1.165, 1.54) is 10.2 Å². The van der Waals surface area contributed by atoms with Gasteiger partial charge in [-0.05, 0) is 23.3 Å². The summed E-state index contributed by atoms with van der Waals surface area (Å²) in [5, 5.41) is 4.60. The van der Waals surface area contributed by atoms with E-state index in [1.54, 1.807) is 6.20 Å². The van der Waals surface area contributed by atoms with Crippen molar-refractivity contribution in [2.24, 2.45) is 0 Å². The van der Waals surface area contributed by atoms with Crippen LogP contribution in [-0.2, 0) is 13.1 Å². The predicted molar refractivity (Wildman–Crippen MR) is 117 cm³/mol. The highest BCUT2D eigenvalue weighted by Crippen LogP contribution is 2.23. The van der Waals surface area contributed by atoms with E-state index < -0.39 is 0 Å². The van der Waals surface area contributed by atoms with Crippen molar-refractivity contribution in [1.82, 2.24) is 14.7 Å².